The second kappa shape index (κ2) is 22.7. The third-order valence-electron chi connectivity index (χ3n) is 8.52. The lowest BCUT2D eigenvalue weighted by molar-refractivity contribution is 0.0592. The fraction of sp³-hybridized carbons (Fsp3) is 0.0698. The molecule has 0 radical (unpaired) electrons. The van der Waals surface area contributed by atoms with Crippen LogP contribution in [0.5, 0.6) is 0 Å². The van der Waals surface area contributed by atoms with Crippen LogP contribution in [0.4, 0.5) is 0 Å². The van der Waals surface area contributed by atoms with Crippen LogP contribution in [-0.4, -0.2) is 71.7 Å². The maximum absolute atomic E-state index is 12.7. The number of carbonyl (C=O) groups excluding carboxylic acids is 4. The Balaban J connectivity index is 0.000000270. The largest absolute Gasteiger partial charge is 0.488 e. The molecule has 0 saturated heterocycles. The number of rotatable bonds is 10. The molecule has 0 fully saturated rings. The first-order chi connectivity index (χ1) is 29.1. The third kappa shape index (κ3) is 14.2. The average molecular weight is 1000 g/mol. The molecular weight excluding hydrogens is 962 g/mol. The van der Waals surface area contributed by atoms with Crippen LogP contribution in [0.1, 0.15) is 60.0 Å². The van der Waals surface area contributed by atoms with Crippen LogP contribution in [0.2, 0.25) is 10.0 Å². The summed E-state index contributed by atoms with van der Waals surface area (Å²) in [6.07, 6.45) is 0. The molecule has 328 valence electrons. The van der Waals surface area contributed by atoms with Gasteiger partial charge in [-0.25, -0.2) is 36.7 Å². The van der Waals surface area contributed by atoms with Crippen molar-refractivity contribution in [1.82, 2.24) is 0 Å². The van der Waals surface area contributed by atoms with E-state index in [0.717, 1.165) is 15.6 Å². The zero-order valence-electron chi connectivity index (χ0n) is 32.4. The predicted molar refractivity (Wildman–Crippen MR) is 244 cm³/mol. The number of sulfonamides is 2. The number of benzene rings is 6. The highest BCUT2D eigenvalue weighted by molar-refractivity contribution is 9.10. The van der Waals surface area contributed by atoms with E-state index in [-0.39, 0.29) is 50.0 Å². The van der Waals surface area contributed by atoms with Crippen molar-refractivity contribution in [2.75, 3.05) is 14.2 Å². The molecule has 0 aliphatic rings. The second-order valence-corrected chi connectivity index (χ2v) is 17.5. The Morgan fingerprint density at radius 1 is 0.524 bits per heavy atom. The lowest BCUT2D eigenvalue weighted by Gasteiger charge is -2.07. The van der Waals surface area contributed by atoms with Gasteiger partial charge in [-0.15, -0.1) is 0 Å². The standard InChI is InChI=1S/C21H16ClNO5S.C13H9BrClNO3S.C8H9BO4.CH4/c1-28-21(25)16-8-4-14(5-9-16)13-2-6-15(7-3-13)20(24)17-10-11-18(22)19(12-17)29(23,26)27;14-10-4-1-8(2-5-10)13(17)9-3-6-11(15)12(7-9)20(16,18)19;1-13-8(10)6-2-4-7(5-3-6)9(11)12;/h2-12H,1H3,(H2,23,26,27);1-7H,(H2,16,18,19);2-5,11-12H,1H3;1H4. The van der Waals surface area contributed by atoms with Gasteiger partial charge in [-0.2, -0.15) is 0 Å². The molecule has 6 rings (SSSR count). The number of halogens is 3. The van der Waals surface area contributed by atoms with E-state index in [0.29, 0.717) is 27.7 Å². The first kappa shape index (κ1) is 51.8. The summed E-state index contributed by atoms with van der Waals surface area (Å²) in [5.74, 6) is -1.53. The van der Waals surface area contributed by atoms with E-state index in [2.05, 4.69) is 25.4 Å². The number of ether oxygens (including phenoxy) is 2. The number of nitrogens with two attached hydrogens (primary N) is 2. The van der Waals surface area contributed by atoms with Crippen LogP contribution in [-0.2, 0) is 29.5 Å². The lowest BCUT2D eigenvalue weighted by Crippen LogP contribution is -2.29. The van der Waals surface area contributed by atoms with Crippen molar-refractivity contribution >= 4 is 95.3 Å². The number of methoxy groups -OCH3 is 2. The van der Waals surface area contributed by atoms with Gasteiger partial charge in [0.2, 0.25) is 20.0 Å². The monoisotopic (exact) mass is 998 g/mol. The summed E-state index contributed by atoms with van der Waals surface area (Å²) in [6, 6.07) is 34.2. The smallest absolute Gasteiger partial charge is 0.465 e. The average Bonchev–Trinajstić information content (AvgIpc) is 3.25. The molecule has 0 aliphatic heterocycles. The predicted octanol–water partition coefficient (Wildman–Crippen LogP) is 6.44. The first-order valence-electron chi connectivity index (χ1n) is 17.5. The van der Waals surface area contributed by atoms with Gasteiger partial charge in [-0.1, -0.05) is 95.1 Å². The van der Waals surface area contributed by atoms with E-state index in [1.165, 1.54) is 74.9 Å². The lowest BCUT2D eigenvalue weighted by atomic mass is 9.80. The van der Waals surface area contributed by atoms with E-state index in [4.69, 9.17) is 43.5 Å². The molecule has 0 spiro atoms. The number of ketones is 2. The van der Waals surface area contributed by atoms with Crippen LogP contribution in [0.25, 0.3) is 11.1 Å². The molecular formula is C43H38BBrCl2N2O12S2. The minimum absolute atomic E-state index is 0. The van der Waals surface area contributed by atoms with Crippen molar-refractivity contribution in [3.63, 3.8) is 0 Å². The molecule has 0 aliphatic carbocycles. The summed E-state index contributed by atoms with van der Waals surface area (Å²) in [5, 5.41) is 27.6. The molecule has 20 heteroatoms. The molecule has 0 atom stereocenters. The molecule has 0 amide bonds. The summed E-state index contributed by atoms with van der Waals surface area (Å²) in [4.78, 5) is 46.9. The van der Waals surface area contributed by atoms with Crippen molar-refractivity contribution < 1.29 is 55.5 Å². The summed E-state index contributed by atoms with van der Waals surface area (Å²) in [6.45, 7) is 0. The number of esters is 2. The Morgan fingerprint density at radius 3 is 1.14 bits per heavy atom. The molecule has 6 aromatic rings. The highest BCUT2D eigenvalue weighted by Gasteiger charge is 2.19. The van der Waals surface area contributed by atoms with Gasteiger partial charge < -0.3 is 19.5 Å². The van der Waals surface area contributed by atoms with Crippen LogP contribution in [0, 0.1) is 0 Å². The molecule has 0 saturated carbocycles. The number of hydrogen-bond acceptors (Lipinski definition) is 12. The maximum atomic E-state index is 12.7. The Labute approximate surface area is 382 Å². The number of primary sulfonamides is 2. The maximum Gasteiger partial charge on any atom is 0.488 e. The molecule has 6 N–H and O–H groups in total. The van der Waals surface area contributed by atoms with Gasteiger partial charge in [0.05, 0.1) is 35.4 Å². The van der Waals surface area contributed by atoms with Gasteiger partial charge >= 0.3 is 19.1 Å². The van der Waals surface area contributed by atoms with Crippen molar-refractivity contribution in [2.45, 2.75) is 17.2 Å². The van der Waals surface area contributed by atoms with Gasteiger partial charge in [0.25, 0.3) is 0 Å². The molecule has 0 bridgehead atoms. The van der Waals surface area contributed by atoms with E-state index in [1.54, 1.807) is 72.8 Å². The molecule has 6 aromatic carbocycles. The van der Waals surface area contributed by atoms with Crippen molar-refractivity contribution in [3.05, 3.63) is 181 Å². The zero-order valence-corrected chi connectivity index (χ0v) is 37.1. The Bertz CT molecular complexity index is 2830. The molecule has 0 unspecified atom stereocenters. The van der Waals surface area contributed by atoms with Gasteiger partial charge in [0, 0.05) is 26.7 Å². The highest BCUT2D eigenvalue weighted by atomic mass is 79.9. The van der Waals surface area contributed by atoms with E-state index in [9.17, 15) is 36.0 Å². The fourth-order valence-corrected chi connectivity index (χ4v) is 7.71. The number of carbonyl (C=O) groups is 4. The molecule has 14 nitrogen and oxygen atoms in total. The van der Waals surface area contributed by atoms with Gasteiger partial charge in [0.15, 0.2) is 11.6 Å². The SMILES string of the molecule is C.COC(=O)c1ccc(-c2ccc(C(=O)c3ccc(Cl)c(S(N)(=O)=O)c3)cc2)cc1.COC(=O)c1ccc(B(O)O)cc1.NS(=O)(=O)c1cc(C(=O)c2ccc(Br)cc2)ccc1Cl. The minimum Gasteiger partial charge on any atom is -0.465 e. The summed E-state index contributed by atoms with van der Waals surface area (Å²) < 4.78 is 56.0. The fourth-order valence-electron chi connectivity index (χ4n) is 5.30. The quantitative estimate of drug-likeness (QED) is 0.0658. The minimum atomic E-state index is -4.04. The van der Waals surface area contributed by atoms with Gasteiger partial charge in [0.1, 0.15) is 9.79 Å². The van der Waals surface area contributed by atoms with Gasteiger partial charge in [-0.05, 0) is 102 Å². The number of hydrogen-bond donors (Lipinski definition) is 4. The molecule has 63 heavy (non-hydrogen) atoms. The second-order valence-electron chi connectivity index (χ2n) is 12.7. The topological polar surface area (TPSA) is 248 Å². The third-order valence-corrected chi connectivity index (χ3v) is 11.8. The summed E-state index contributed by atoms with van der Waals surface area (Å²) >= 11 is 14.9. The Kier molecular flexibility index (Phi) is 18.7. The highest BCUT2D eigenvalue weighted by Crippen LogP contribution is 2.26. The Hall–Kier alpha value is -5.54. The van der Waals surface area contributed by atoms with Crippen molar-refractivity contribution in [2.24, 2.45) is 10.3 Å². The Morgan fingerprint density at radius 2 is 0.825 bits per heavy atom. The van der Waals surface area contributed by atoms with E-state index >= 15 is 0 Å². The van der Waals surface area contributed by atoms with Crippen molar-refractivity contribution in [1.29, 1.82) is 0 Å². The van der Waals surface area contributed by atoms with Gasteiger partial charge in [-0.3, -0.25) is 9.59 Å². The zero-order chi connectivity index (χ0) is 45.9. The van der Waals surface area contributed by atoms with Crippen LogP contribution in [0.15, 0.2) is 148 Å². The first-order valence-corrected chi connectivity index (χ1v) is 22.1. The summed E-state index contributed by atoms with van der Waals surface area (Å²) in [5.41, 5.74) is 4.06. The van der Waals surface area contributed by atoms with E-state index in [1.807, 2.05) is 0 Å². The van der Waals surface area contributed by atoms with Crippen LogP contribution < -0.4 is 15.7 Å². The molecule has 0 heterocycles. The van der Waals surface area contributed by atoms with E-state index < -0.39 is 39.1 Å². The van der Waals surface area contributed by atoms with Crippen LogP contribution in [0.3, 0.4) is 0 Å². The van der Waals surface area contributed by atoms with Crippen molar-refractivity contribution in [3.8, 4) is 11.1 Å². The summed E-state index contributed by atoms with van der Waals surface area (Å²) in [7, 11) is -6.91. The molecule has 0 aromatic heterocycles. The van der Waals surface area contributed by atoms with Crippen LogP contribution >= 0.6 is 39.1 Å². The normalized spacial score (nSPS) is 10.7.